The topological polar surface area (TPSA) is 68.3 Å². The lowest BCUT2D eigenvalue weighted by Gasteiger charge is -2.10. The van der Waals surface area contributed by atoms with Crippen molar-refractivity contribution in [2.24, 2.45) is 0 Å². The van der Waals surface area contributed by atoms with Crippen molar-refractivity contribution in [2.75, 3.05) is 17.7 Å². The third-order valence-electron chi connectivity index (χ3n) is 4.11. The van der Waals surface area contributed by atoms with Crippen LogP contribution in [0.5, 0.6) is 17.2 Å². The van der Waals surface area contributed by atoms with E-state index in [0.717, 1.165) is 28.6 Å². The summed E-state index contributed by atoms with van der Waals surface area (Å²) in [5.74, 6) is 3.56. The number of nitrogens with one attached hydrogen (secondary N) is 2. The van der Waals surface area contributed by atoms with Gasteiger partial charge in [0.25, 0.3) is 0 Å². The van der Waals surface area contributed by atoms with Gasteiger partial charge >= 0.3 is 0 Å². The molecule has 0 amide bonds. The van der Waals surface area contributed by atoms with E-state index in [1.165, 1.54) is 0 Å². The van der Waals surface area contributed by atoms with Crippen LogP contribution in [0.2, 0.25) is 0 Å². The summed E-state index contributed by atoms with van der Waals surface area (Å²) >= 11 is 0. The number of anilines is 4. The first-order chi connectivity index (χ1) is 14.3. The Labute approximate surface area is 169 Å². The average Bonchev–Trinajstić information content (AvgIpc) is 2.77. The molecule has 0 bridgehead atoms. The lowest BCUT2D eigenvalue weighted by molar-refractivity contribution is 0.415. The second-order valence-electron chi connectivity index (χ2n) is 6.18. The van der Waals surface area contributed by atoms with Crippen molar-refractivity contribution in [3.63, 3.8) is 0 Å². The molecular formula is C23H20N4O2. The molecule has 2 N–H and O–H groups in total. The van der Waals surface area contributed by atoms with Crippen molar-refractivity contribution in [1.29, 1.82) is 0 Å². The van der Waals surface area contributed by atoms with Gasteiger partial charge in [-0.3, -0.25) is 0 Å². The fraction of sp³-hybridized carbons (Fsp3) is 0.0435. The quantitative estimate of drug-likeness (QED) is 0.422. The second-order valence-corrected chi connectivity index (χ2v) is 6.18. The van der Waals surface area contributed by atoms with Gasteiger partial charge in [-0.05, 0) is 66.7 Å². The van der Waals surface area contributed by atoms with Crippen LogP contribution >= 0.6 is 0 Å². The molecule has 6 nitrogen and oxygen atoms in total. The summed E-state index contributed by atoms with van der Waals surface area (Å²) in [6.07, 6.45) is 1.70. The number of para-hydroxylation sites is 1. The standard InChI is InChI=1S/C23H20N4O2/c1-28-19-11-7-17(8-12-19)25-22-15-16-24-23(27-22)26-18-9-13-21(14-10-18)29-20-5-3-2-4-6-20/h2-16H,1H3,(H2,24,25,26,27). The molecule has 0 aliphatic rings. The number of aromatic nitrogens is 2. The van der Waals surface area contributed by atoms with Gasteiger partial charge < -0.3 is 20.1 Å². The Balaban J connectivity index is 1.40. The van der Waals surface area contributed by atoms with Gasteiger partial charge in [-0.15, -0.1) is 0 Å². The summed E-state index contributed by atoms with van der Waals surface area (Å²) in [7, 11) is 1.64. The molecule has 4 aromatic rings. The molecule has 0 fully saturated rings. The molecule has 1 heterocycles. The number of ether oxygens (including phenoxy) is 2. The van der Waals surface area contributed by atoms with Gasteiger partial charge in [-0.2, -0.15) is 4.98 Å². The molecular weight excluding hydrogens is 364 g/mol. The highest BCUT2D eigenvalue weighted by Gasteiger charge is 2.03. The molecule has 0 unspecified atom stereocenters. The van der Waals surface area contributed by atoms with Crippen LogP contribution in [0.1, 0.15) is 0 Å². The summed E-state index contributed by atoms with van der Waals surface area (Å²) < 4.78 is 11.0. The van der Waals surface area contributed by atoms with E-state index < -0.39 is 0 Å². The van der Waals surface area contributed by atoms with Crippen LogP contribution in [0.15, 0.2) is 91.1 Å². The van der Waals surface area contributed by atoms with Gasteiger partial charge in [0, 0.05) is 17.6 Å². The van der Waals surface area contributed by atoms with E-state index in [0.29, 0.717) is 11.8 Å². The Kier molecular flexibility index (Phi) is 5.53. The molecule has 29 heavy (non-hydrogen) atoms. The highest BCUT2D eigenvalue weighted by molar-refractivity contribution is 5.60. The van der Waals surface area contributed by atoms with E-state index in [2.05, 4.69) is 20.6 Å². The highest BCUT2D eigenvalue weighted by Crippen LogP contribution is 2.24. The smallest absolute Gasteiger partial charge is 0.229 e. The van der Waals surface area contributed by atoms with Gasteiger partial charge in [0.1, 0.15) is 23.1 Å². The summed E-state index contributed by atoms with van der Waals surface area (Å²) in [6.45, 7) is 0. The molecule has 0 atom stereocenters. The maximum Gasteiger partial charge on any atom is 0.229 e. The SMILES string of the molecule is COc1ccc(Nc2ccnc(Nc3ccc(Oc4ccccc4)cc3)n2)cc1. The second kappa shape index (κ2) is 8.75. The highest BCUT2D eigenvalue weighted by atomic mass is 16.5. The van der Waals surface area contributed by atoms with Gasteiger partial charge in [-0.25, -0.2) is 4.98 Å². The Morgan fingerprint density at radius 3 is 1.97 bits per heavy atom. The third kappa shape index (κ3) is 5.01. The number of methoxy groups -OCH3 is 1. The molecule has 1 aromatic heterocycles. The van der Waals surface area contributed by atoms with Crippen LogP contribution in [-0.2, 0) is 0 Å². The fourth-order valence-electron chi connectivity index (χ4n) is 2.67. The first-order valence-electron chi connectivity index (χ1n) is 9.13. The van der Waals surface area contributed by atoms with Crippen LogP contribution in [0, 0.1) is 0 Å². The molecule has 0 aliphatic heterocycles. The zero-order chi connectivity index (χ0) is 19.9. The van der Waals surface area contributed by atoms with Crippen molar-refractivity contribution < 1.29 is 9.47 Å². The van der Waals surface area contributed by atoms with E-state index in [1.807, 2.05) is 84.9 Å². The van der Waals surface area contributed by atoms with E-state index in [9.17, 15) is 0 Å². The number of benzene rings is 3. The third-order valence-corrected chi connectivity index (χ3v) is 4.11. The predicted octanol–water partition coefficient (Wildman–Crippen LogP) is 5.76. The maximum atomic E-state index is 5.81. The Hall–Kier alpha value is -4.06. The van der Waals surface area contributed by atoms with Gasteiger partial charge in [0.05, 0.1) is 7.11 Å². The first kappa shape index (κ1) is 18.3. The van der Waals surface area contributed by atoms with Crippen LogP contribution in [-0.4, -0.2) is 17.1 Å². The van der Waals surface area contributed by atoms with Gasteiger partial charge in [0.2, 0.25) is 5.95 Å². The van der Waals surface area contributed by atoms with Crippen molar-refractivity contribution in [2.45, 2.75) is 0 Å². The number of nitrogens with zero attached hydrogens (tertiary/aromatic N) is 2. The van der Waals surface area contributed by atoms with Crippen LogP contribution < -0.4 is 20.1 Å². The lowest BCUT2D eigenvalue weighted by atomic mass is 10.3. The molecule has 4 rings (SSSR count). The van der Waals surface area contributed by atoms with Crippen molar-refractivity contribution >= 4 is 23.1 Å². The predicted molar refractivity (Wildman–Crippen MR) is 115 cm³/mol. The molecule has 0 aliphatic carbocycles. The van der Waals surface area contributed by atoms with E-state index in [4.69, 9.17) is 9.47 Å². The number of hydrogen-bond acceptors (Lipinski definition) is 6. The molecule has 0 saturated heterocycles. The van der Waals surface area contributed by atoms with Crippen LogP contribution in [0.25, 0.3) is 0 Å². The molecule has 0 spiro atoms. The van der Waals surface area contributed by atoms with Crippen molar-refractivity contribution in [3.8, 4) is 17.2 Å². The van der Waals surface area contributed by atoms with Gasteiger partial charge in [0.15, 0.2) is 0 Å². The fourth-order valence-corrected chi connectivity index (χ4v) is 2.67. The Bertz CT molecular complexity index is 1050. The van der Waals surface area contributed by atoms with Crippen molar-refractivity contribution in [1.82, 2.24) is 9.97 Å². The van der Waals surface area contributed by atoms with E-state index in [1.54, 1.807) is 13.3 Å². The largest absolute Gasteiger partial charge is 0.497 e. The minimum Gasteiger partial charge on any atom is -0.497 e. The average molecular weight is 384 g/mol. The Morgan fingerprint density at radius 1 is 0.655 bits per heavy atom. The summed E-state index contributed by atoms with van der Waals surface area (Å²) in [5, 5.41) is 6.45. The molecule has 6 heteroatoms. The number of hydrogen-bond donors (Lipinski definition) is 2. The van der Waals surface area contributed by atoms with Crippen molar-refractivity contribution in [3.05, 3.63) is 91.1 Å². The first-order valence-corrected chi connectivity index (χ1v) is 9.13. The summed E-state index contributed by atoms with van der Waals surface area (Å²) in [4.78, 5) is 8.78. The van der Waals surface area contributed by atoms with Crippen LogP contribution in [0.4, 0.5) is 23.1 Å². The summed E-state index contributed by atoms with van der Waals surface area (Å²) in [6, 6.07) is 26.8. The monoisotopic (exact) mass is 384 g/mol. The van der Waals surface area contributed by atoms with Gasteiger partial charge in [-0.1, -0.05) is 18.2 Å². The normalized spacial score (nSPS) is 10.2. The maximum absolute atomic E-state index is 5.81. The number of rotatable bonds is 7. The Morgan fingerprint density at radius 2 is 1.28 bits per heavy atom. The molecule has 0 saturated carbocycles. The molecule has 0 radical (unpaired) electrons. The zero-order valence-electron chi connectivity index (χ0n) is 15.9. The minimum atomic E-state index is 0.500. The molecule has 144 valence electrons. The van der Waals surface area contributed by atoms with E-state index in [-0.39, 0.29) is 0 Å². The lowest BCUT2D eigenvalue weighted by Crippen LogP contribution is -2.00. The minimum absolute atomic E-state index is 0.500. The van der Waals surface area contributed by atoms with Crippen LogP contribution in [0.3, 0.4) is 0 Å². The zero-order valence-corrected chi connectivity index (χ0v) is 15.9. The van der Waals surface area contributed by atoms with E-state index >= 15 is 0 Å². The summed E-state index contributed by atoms with van der Waals surface area (Å²) in [5.41, 5.74) is 1.78. The molecule has 3 aromatic carbocycles.